The van der Waals surface area contributed by atoms with Gasteiger partial charge in [-0.25, -0.2) is 27.5 Å². The number of hydrogen-bond donors (Lipinski definition) is 0. The molecule has 2 aromatic heterocycles. The maximum atomic E-state index is 14.8. The van der Waals surface area contributed by atoms with Crippen LogP contribution in [0.5, 0.6) is 0 Å². The molecule has 0 unspecified atom stereocenters. The Morgan fingerprint density at radius 1 is 1.06 bits per heavy atom. The molecule has 1 aromatic carbocycles. The van der Waals surface area contributed by atoms with Crippen molar-refractivity contribution in [1.82, 2.24) is 19.9 Å². The van der Waals surface area contributed by atoms with Gasteiger partial charge in [-0.05, 0) is 43.2 Å². The van der Waals surface area contributed by atoms with E-state index in [0.717, 1.165) is 29.2 Å². The summed E-state index contributed by atoms with van der Waals surface area (Å²) in [6.07, 6.45) is -2.59. The molecule has 5 nitrogen and oxygen atoms in total. The van der Waals surface area contributed by atoms with Gasteiger partial charge in [0.1, 0.15) is 0 Å². The molecule has 0 saturated carbocycles. The van der Waals surface area contributed by atoms with Crippen LogP contribution >= 0.6 is 0 Å². The molecular formula is C23H17F7N4O. The quantitative estimate of drug-likeness (QED) is 0.447. The van der Waals surface area contributed by atoms with Crippen molar-refractivity contribution >= 4 is 5.91 Å². The number of amides is 1. The first kappa shape index (κ1) is 24.6. The maximum absolute atomic E-state index is 14.8. The topological polar surface area (TPSA) is 59.0 Å². The molecule has 184 valence electrons. The standard InChI is InChI=1S/C23H17F7N4O/c24-16-6-5-15(20-31-9-1-10-32-20)18(19(16)25)21(35)34-11-8-22(26,27)17(34)7-4-14-3-2-13(12-33-14)23(28,29)30/h1-3,5-6,9-10,12,17H,4,7-8,11H2/t17-/m1/s1. The Morgan fingerprint density at radius 2 is 1.77 bits per heavy atom. The Bertz CT molecular complexity index is 1220. The van der Waals surface area contributed by atoms with Crippen LogP contribution in [0.1, 0.15) is 34.5 Å². The molecule has 0 aliphatic carbocycles. The van der Waals surface area contributed by atoms with Crippen molar-refractivity contribution in [3.05, 3.63) is 77.4 Å². The first-order valence-corrected chi connectivity index (χ1v) is 10.5. The molecule has 0 N–H and O–H groups in total. The maximum Gasteiger partial charge on any atom is 0.417 e. The molecule has 1 amide bonds. The van der Waals surface area contributed by atoms with Gasteiger partial charge in [0.05, 0.1) is 17.2 Å². The summed E-state index contributed by atoms with van der Waals surface area (Å²) in [6, 6.07) is 3.50. The number of carbonyl (C=O) groups excluding carboxylic acids is 1. The van der Waals surface area contributed by atoms with Crippen LogP contribution in [-0.2, 0) is 12.6 Å². The highest BCUT2D eigenvalue weighted by Crippen LogP contribution is 2.39. The number of alkyl halides is 5. The third kappa shape index (κ3) is 4.96. The smallest absolute Gasteiger partial charge is 0.329 e. The molecule has 12 heteroatoms. The van der Waals surface area contributed by atoms with Crippen molar-refractivity contribution in [1.29, 1.82) is 0 Å². The van der Waals surface area contributed by atoms with Gasteiger partial charge in [0.2, 0.25) is 0 Å². The molecule has 3 heterocycles. The normalized spacial score (nSPS) is 17.6. The number of nitrogens with zero attached hydrogens (tertiary/aromatic N) is 4. The van der Waals surface area contributed by atoms with Crippen molar-refractivity contribution in [3.8, 4) is 11.4 Å². The highest BCUT2D eigenvalue weighted by atomic mass is 19.4. The number of carbonyl (C=O) groups is 1. The Labute approximate surface area is 194 Å². The zero-order chi connectivity index (χ0) is 25.4. The molecule has 3 aromatic rings. The second kappa shape index (κ2) is 9.23. The molecule has 1 atom stereocenters. The van der Waals surface area contributed by atoms with Crippen LogP contribution in [0.4, 0.5) is 30.7 Å². The number of pyridine rings is 1. The summed E-state index contributed by atoms with van der Waals surface area (Å²) < 4.78 is 96.4. The van der Waals surface area contributed by atoms with E-state index in [9.17, 15) is 35.5 Å². The minimum Gasteiger partial charge on any atom is -0.329 e. The van der Waals surface area contributed by atoms with Crippen molar-refractivity contribution < 1.29 is 35.5 Å². The second-order valence-corrected chi connectivity index (χ2v) is 7.96. The van der Waals surface area contributed by atoms with Crippen molar-refractivity contribution in [3.63, 3.8) is 0 Å². The summed E-state index contributed by atoms with van der Waals surface area (Å²) in [5.41, 5.74) is -1.80. The SMILES string of the molecule is O=C(c1c(-c2ncccn2)ccc(F)c1F)N1CCC(F)(F)[C@H]1CCc1ccc(C(F)(F)F)cn1. The van der Waals surface area contributed by atoms with Gasteiger partial charge >= 0.3 is 6.18 Å². The van der Waals surface area contributed by atoms with E-state index in [-0.39, 0.29) is 29.9 Å². The number of rotatable bonds is 5. The van der Waals surface area contributed by atoms with E-state index in [1.807, 2.05) is 0 Å². The Kier molecular flexibility index (Phi) is 6.48. The fraction of sp³-hybridized carbons (Fsp3) is 0.304. The lowest BCUT2D eigenvalue weighted by molar-refractivity contribution is -0.137. The van der Waals surface area contributed by atoms with Crippen LogP contribution in [0.2, 0.25) is 0 Å². The summed E-state index contributed by atoms with van der Waals surface area (Å²) in [6.45, 7) is -0.429. The van der Waals surface area contributed by atoms with Gasteiger partial charge in [-0.2, -0.15) is 13.2 Å². The Balaban J connectivity index is 1.62. The second-order valence-electron chi connectivity index (χ2n) is 7.96. The number of aryl methyl sites for hydroxylation is 1. The number of halogens is 7. The number of likely N-dealkylation sites (tertiary alicyclic amines) is 1. The fourth-order valence-electron chi connectivity index (χ4n) is 3.98. The number of hydrogen-bond acceptors (Lipinski definition) is 4. The van der Waals surface area contributed by atoms with Gasteiger partial charge in [-0.1, -0.05) is 0 Å². The van der Waals surface area contributed by atoms with Crippen LogP contribution in [0.25, 0.3) is 11.4 Å². The molecule has 0 radical (unpaired) electrons. The zero-order valence-electron chi connectivity index (χ0n) is 17.9. The summed E-state index contributed by atoms with van der Waals surface area (Å²) in [5.74, 6) is -7.46. The van der Waals surface area contributed by atoms with E-state index in [1.54, 1.807) is 0 Å². The van der Waals surface area contributed by atoms with E-state index in [2.05, 4.69) is 15.0 Å². The van der Waals surface area contributed by atoms with Crippen molar-refractivity contribution in [2.45, 2.75) is 37.4 Å². The van der Waals surface area contributed by atoms with Gasteiger partial charge in [0.15, 0.2) is 17.5 Å². The molecule has 0 bridgehead atoms. The molecule has 0 spiro atoms. The van der Waals surface area contributed by atoms with E-state index >= 15 is 0 Å². The number of aromatic nitrogens is 3. The number of benzene rings is 1. The van der Waals surface area contributed by atoms with Gasteiger partial charge < -0.3 is 4.90 Å². The molecule has 35 heavy (non-hydrogen) atoms. The lowest BCUT2D eigenvalue weighted by atomic mass is 10.0. The molecule has 4 rings (SSSR count). The highest BCUT2D eigenvalue weighted by Gasteiger charge is 2.51. The Hall–Kier alpha value is -3.57. The van der Waals surface area contributed by atoms with Crippen LogP contribution in [-0.4, -0.2) is 44.3 Å². The average molecular weight is 498 g/mol. The predicted molar refractivity (Wildman–Crippen MR) is 109 cm³/mol. The van der Waals surface area contributed by atoms with Crippen molar-refractivity contribution in [2.75, 3.05) is 6.54 Å². The van der Waals surface area contributed by atoms with E-state index < -0.39 is 59.8 Å². The summed E-state index contributed by atoms with van der Waals surface area (Å²) in [4.78, 5) is 25.6. The largest absolute Gasteiger partial charge is 0.417 e. The van der Waals surface area contributed by atoms with Crippen molar-refractivity contribution in [2.24, 2.45) is 0 Å². The summed E-state index contributed by atoms with van der Waals surface area (Å²) >= 11 is 0. The summed E-state index contributed by atoms with van der Waals surface area (Å²) in [5, 5.41) is 0. The van der Waals surface area contributed by atoms with Gasteiger partial charge in [-0.15, -0.1) is 0 Å². The minimum absolute atomic E-state index is 0.0915. The lowest BCUT2D eigenvalue weighted by Gasteiger charge is -2.28. The average Bonchev–Trinajstić information content (AvgIpc) is 3.13. The third-order valence-electron chi connectivity index (χ3n) is 5.75. The van der Waals surface area contributed by atoms with Gasteiger partial charge in [-0.3, -0.25) is 9.78 Å². The molecular weight excluding hydrogens is 481 g/mol. The lowest BCUT2D eigenvalue weighted by Crippen LogP contribution is -2.43. The molecule has 1 aliphatic rings. The fourth-order valence-corrected chi connectivity index (χ4v) is 3.98. The monoisotopic (exact) mass is 498 g/mol. The molecule has 1 aliphatic heterocycles. The first-order chi connectivity index (χ1) is 16.5. The van der Waals surface area contributed by atoms with Crippen LogP contribution in [0.3, 0.4) is 0 Å². The minimum atomic E-state index is -4.59. The first-order valence-electron chi connectivity index (χ1n) is 10.5. The van der Waals surface area contributed by atoms with Gasteiger partial charge in [0, 0.05) is 42.8 Å². The van der Waals surface area contributed by atoms with E-state index in [0.29, 0.717) is 6.20 Å². The zero-order valence-corrected chi connectivity index (χ0v) is 17.9. The highest BCUT2D eigenvalue weighted by molar-refractivity contribution is 6.00. The van der Waals surface area contributed by atoms with E-state index in [1.165, 1.54) is 18.5 Å². The van der Waals surface area contributed by atoms with Crippen LogP contribution in [0, 0.1) is 11.6 Å². The van der Waals surface area contributed by atoms with Gasteiger partial charge in [0.25, 0.3) is 11.8 Å². The van der Waals surface area contributed by atoms with Crippen LogP contribution < -0.4 is 0 Å². The predicted octanol–water partition coefficient (Wildman–Crippen LogP) is 5.32. The van der Waals surface area contributed by atoms with E-state index in [4.69, 9.17) is 0 Å². The molecule has 1 fully saturated rings. The summed E-state index contributed by atoms with van der Waals surface area (Å²) in [7, 11) is 0. The molecule has 1 saturated heterocycles. The Morgan fingerprint density at radius 3 is 2.40 bits per heavy atom. The third-order valence-corrected chi connectivity index (χ3v) is 5.75. The van der Waals surface area contributed by atoms with Crippen LogP contribution in [0.15, 0.2) is 48.9 Å².